The highest BCUT2D eigenvalue weighted by atomic mass is 16.5. The summed E-state index contributed by atoms with van der Waals surface area (Å²) in [6, 6.07) is 13.4. The number of rotatable bonds is 7. The molecule has 7 nitrogen and oxygen atoms in total. The van der Waals surface area contributed by atoms with Crippen molar-refractivity contribution in [2.45, 2.75) is 13.8 Å². The van der Waals surface area contributed by atoms with Crippen LogP contribution in [0.3, 0.4) is 0 Å². The van der Waals surface area contributed by atoms with Crippen LogP contribution in [0, 0.1) is 13.8 Å². The third-order valence-electron chi connectivity index (χ3n) is 5.75. The van der Waals surface area contributed by atoms with Crippen LogP contribution < -0.4 is 25.2 Å². The van der Waals surface area contributed by atoms with E-state index in [9.17, 15) is 9.59 Å². The van der Waals surface area contributed by atoms with Crippen LogP contribution >= 0.6 is 0 Å². The first-order valence-electron chi connectivity index (χ1n) is 10.4. The monoisotopic (exact) mass is 412 g/mol. The van der Waals surface area contributed by atoms with Gasteiger partial charge in [-0.25, -0.2) is 0 Å². The lowest BCUT2D eigenvalue weighted by Gasteiger charge is -2.29. The lowest BCUT2D eigenvalue weighted by molar-refractivity contribution is -1.00. The molecule has 1 aliphatic rings. The largest absolute Gasteiger partial charge is 0.495 e. The fourth-order valence-corrected chi connectivity index (χ4v) is 3.79. The highest BCUT2D eigenvalue weighted by molar-refractivity contribution is 5.93. The van der Waals surface area contributed by atoms with E-state index in [1.54, 1.807) is 7.11 Å². The van der Waals surface area contributed by atoms with Crippen LogP contribution in [0.2, 0.25) is 0 Å². The highest BCUT2D eigenvalue weighted by Crippen LogP contribution is 2.22. The van der Waals surface area contributed by atoms with Crippen molar-refractivity contribution in [1.29, 1.82) is 0 Å². The van der Waals surface area contributed by atoms with Gasteiger partial charge < -0.3 is 25.2 Å². The van der Waals surface area contributed by atoms with Crippen LogP contribution in [-0.4, -0.2) is 58.2 Å². The number of benzene rings is 2. The Morgan fingerprint density at radius 2 is 1.37 bits per heavy atom. The molecular formula is C23H32N4O3+2. The molecule has 0 atom stereocenters. The first-order valence-corrected chi connectivity index (χ1v) is 10.4. The summed E-state index contributed by atoms with van der Waals surface area (Å²) in [5.74, 6) is 0.673. The molecule has 0 saturated carbocycles. The molecule has 1 aliphatic heterocycles. The van der Waals surface area contributed by atoms with Crippen molar-refractivity contribution in [1.82, 2.24) is 0 Å². The zero-order valence-corrected chi connectivity index (χ0v) is 18.0. The van der Waals surface area contributed by atoms with Gasteiger partial charge in [0.05, 0.1) is 12.8 Å². The van der Waals surface area contributed by atoms with Crippen molar-refractivity contribution < 1.29 is 24.1 Å². The van der Waals surface area contributed by atoms with E-state index in [-0.39, 0.29) is 11.8 Å². The van der Waals surface area contributed by atoms with Crippen LogP contribution in [0.15, 0.2) is 42.5 Å². The molecule has 0 aliphatic carbocycles. The Bertz CT molecular complexity index is 892. The van der Waals surface area contributed by atoms with Gasteiger partial charge in [0.2, 0.25) is 0 Å². The van der Waals surface area contributed by atoms with Gasteiger partial charge in [-0.3, -0.25) is 9.59 Å². The Morgan fingerprint density at radius 1 is 0.833 bits per heavy atom. The molecule has 1 heterocycles. The lowest BCUT2D eigenvalue weighted by atomic mass is 10.1. The van der Waals surface area contributed by atoms with Crippen molar-refractivity contribution in [2.75, 3.05) is 57.0 Å². The fraction of sp³-hybridized carbons (Fsp3) is 0.391. The molecule has 0 aromatic heterocycles. The van der Waals surface area contributed by atoms with Crippen LogP contribution in [0.25, 0.3) is 0 Å². The molecule has 2 amide bonds. The van der Waals surface area contributed by atoms with Gasteiger partial charge in [0.25, 0.3) is 11.8 Å². The molecular weight excluding hydrogens is 380 g/mol. The summed E-state index contributed by atoms with van der Waals surface area (Å²) in [6.07, 6.45) is 0. The number of ether oxygens (including phenoxy) is 1. The normalized spacial score (nSPS) is 18.5. The predicted octanol–water partition coefficient (Wildman–Crippen LogP) is -0.327. The SMILES string of the molecule is COc1ccccc1NC(=O)C[NH+]1CC[NH+](CC(=O)Nc2cccc(C)c2C)CC1. The van der Waals surface area contributed by atoms with Crippen LogP contribution in [0.5, 0.6) is 5.75 Å². The Labute approximate surface area is 178 Å². The molecule has 30 heavy (non-hydrogen) atoms. The average molecular weight is 413 g/mol. The summed E-state index contributed by atoms with van der Waals surface area (Å²) < 4.78 is 5.28. The van der Waals surface area contributed by atoms with E-state index in [4.69, 9.17) is 4.74 Å². The summed E-state index contributed by atoms with van der Waals surface area (Å²) >= 11 is 0. The van der Waals surface area contributed by atoms with E-state index >= 15 is 0 Å². The predicted molar refractivity (Wildman–Crippen MR) is 117 cm³/mol. The second kappa shape index (κ2) is 10.2. The van der Waals surface area contributed by atoms with Gasteiger partial charge in [-0.15, -0.1) is 0 Å². The summed E-state index contributed by atoms with van der Waals surface area (Å²) in [7, 11) is 1.59. The second-order valence-corrected chi connectivity index (χ2v) is 7.90. The number of amides is 2. The van der Waals surface area contributed by atoms with Crippen LogP contribution in [0.1, 0.15) is 11.1 Å². The molecule has 0 unspecified atom stereocenters. The van der Waals surface area contributed by atoms with Crippen molar-refractivity contribution in [3.05, 3.63) is 53.6 Å². The zero-order chi connectivity index (χ0) is 21.5. The van der Waals surface area contributed by atoms with E-state index in [1.165, 1.54) is 15.4 Å². The Kier molecular flexibility index (Phi) is 7.43. The minimum atomic E-state index is -0.0226. The molecule has 1 fully saturated rings. The number of methoxy groups -OCH3 is 1. The number of hydrogen-bond acceptors (Lipinski definition) is 3. The minimum absolute atomic E-state index is 0.0226. The molecule has 2 aromatic carbocycles. The molecule has 1 saturated heterocycles. The van der Waals surface area contributed by atoms with Crippen molar-refractivity contribution in [2.24, 2.45) is 0 Å². The van der Waals surface area contributed by atoms with Gasteiger partial charge in [-0.05, 0) is 43.2 Å². The van der Waals surface area contributed by atoms with Gasteiger partial charge in [0, 0.05) is 5.69 Å². The molecule has 0 bridgehead atoms. The smallest absolute Gasteiger partial charge is 0.279 e. The maximum absolute atomic E-state index is 12.5. The number of carbonyl (C=O) groups excluding carboxylic acids is 2. The van der Waals surface area contributed by atoms with Gasteiger partial charge in [0.15, 0.2) is 13.1 Å². The van der Waals surface area contributed by atoms with E-state index < -0.39 is 0 Å². The Hall–Kier alpha value is -2.90. The number of piperazine rings is 1. The van der Waals surface area contributed by atoms with E-state index in [0.29, 0.717) is 24.5 Å². The van der Waals surface area contributed by atoms with Crippen LogP contribution in [0.4, 0.5) is 11.4 Å². The summed E-state index contributed by atoms with van der Waals surface area (Å²) in [6.45, 7) is 8.41. The molecule has 2 aromatic rings. The molecule has 3 rings (SSSR count). The van der Waals surface area contributed by atoms with Gasteiger partial charge in [-0.1, -0.05) is 24.3 Å². The fourth-order valence-electron chi connectivity index (χ4n) is 3.79. The van der Waals surface area contributed by atoms with Crippen molar-refractivity contribution in [3.8, 4) is 5.75 Å². The van der Waals surface area contributed by atoms with Crippen molar-refractivity contribution in [3.63, 3.8) is 0 Å². The summed E-state index contributed by atoms with van der Waals surface area (Å²) in [4.78, 5) is 27.4. The standard InChI is InChI=1S/C23H30N4O3/c1-17-7-6-9-19(18(17)2)24-22(28)15-26-11-13-27(14-12-26)16-23(29)25-20-8-4-5-10-21(20)30-3/h4-10H,11-16H2,1-3H3,(H,24,28)(H,25,29)/p+2. The topological polar surface area (TPSA) is 76.3 Å². The summed E-state index contributed by atoms with van der Waals surface area (Å²) in [5, 5.41) is 5.97. The number of nitrogens with one attached hydrogen (secondary N) is 4. The maximum Gasteiger partial charge on any atom is 0.279 e. The second-order valence-electron chi connectivity index (χ2n) is 7.90. The molecule has 4 N–H and O–H groups in total. The van der Waals surface area contributed by atoms with Gasteiger partial charge >= 0.3 is 0 Å². The van der Waals surface area contributed by atoms with Crippen LogP contribution in [-0.2, 0) is 9.59 Å². The van der Waals surface area contributed by atoms with Gasteiger partial charge in [0.1, 0.15) is 31.9 Å². The Balaban J connectivity index is 1.42. The molecule has 160 valence electrons. The molecule has 7 heteroatoms. The van der Waals surface area contributed by atoms with E-state index in [2.05, 4.69) is 10.6 Å². The number of quaternary nitrogens is 2. The third kappa shape index (κ3) is 5.81. The number of hydrogen-bond donors (Lipinski definition) is 4. The number of carbonyl (C=O) groups is 2. The highest BCUT2D eigenvalue weighted by Gasteiger charge is 2.26. The lowest BCUT2D eigenvalue weighted by Crippen LogP contribution is -3.28. The Morgan fingerprint density at radius 3 is 1.97 bits per heavy atom. The maximum atomic E-state index is 12.5. The quantitative estimate of drug-likeness (QED) is 0.503. The minimum Gasteiger partial charge on any atom is -0.495 e. The average Bonchev–Trinajstić information content (AvgIpc) is 2.73. The third-order valence-corrected chi connectivity index (χ3v) is 5.75. The van der Waals surface area contributed by atoms with E-state index in [1.807, 2.05) is 56.3 Å². The summed E-state index contributed by atoms with van der Waals surface area (Å²) in [5.41, 5.74) is 3.85. The number of para-hydroxylation sites is 2. The first kappa shape index (κ1) is 21.8. The number of aryl methyl sites for hydroxylation is 1. The van der Waals surface area contributed by atoms with Crippen molar-refractivity contribution >= 4 is 23.2 Å². The molecule has 0 radical (unpaired) electrons. The molecule has 0 spiro atoms. The zero-order valence-electron chi connectivity index (χ0n) is 18.0. The van der Waals surface area contributed by atoms with Gasteiger partial charge in [-0.2, -0.15) is 0 Å². The first-order chi connectivity index (χ1) is 14.5. The number of anilines is 2. The van der Waals surface area contributed by atoms with E-state index in [0.717, 1.165) is 37.4 Å².